The van der Waals surface area contributed by atoms with Gasteiger partial charge in [0, 0.05) is 10.6 Å². The van der Waals surface area contributed by atoms with Crippen molar-refractivity contribution in [1.29, 1.82) is 0 Å². The smallest absolute Gasteiger partial charge is 0.159 e. The van der Waals surface area contributed by atoms with Gasteiger partial charge in [0.15, 0.2) is 5.78 Å². The quantitative estimate of drug-likeness (QED) is 0.752. The molecule has 0 aliphatic rings. The summed E-state index contributed by atoms with van der Waals surface area (Å²) in [6, 6.07) is 12.6. The summed E-state index contributed by atoms with van der Waals surface area (Å²) in [6.07, 6.45) is 0. The zero-order valence-corrected chi connectivity index (χ0v) is 11.0. The van der Waals surface area contributed by atoms with Crippen molar-refractivity contribution < 1.29 is 9.53 Å². The third-order valence-corrected chi connectivity index (χ3v) is 2.84. The Hall–Kier alpha value is -1.80. The van der Waals surface area contributed by atoms with Crippen LogP contribution in [-0.2, 0) is 0 Å². The van der Waals surface area contributed by atoms with Crippen molar-refractivity contribution in [3.63, 3.8) is 0 Å². The van der Waals surface area contributed by atoms with E-state index in [2.05, 4.69) is 0 Å². The van der Waals surface area contributed by atoms with E-state index in [1.807, 2.05) is 25.1 Å². The maximum Gasteiger partial charge on any atom is 0.159 e. The number of carbonyl (C=O) groups excluding carboxylic acids is 1. The molecule has 0 spiro atoms. The fourth-order valence-corrected chi connectivity index (χ4v) is 1.86. The second-order valence-corrected chi connectivity index (χ2v) is 4.53. The molecule has 2 nitrogen and oxygen atoms in total. The number of hydrogen-bond donors (Lipinski definition) is 0. The Morgan fingerprint density at radius 2 is 1.94 bits per heavy atom. The number of rotatable bonds is 3. The third-order valence-electron chi connectivity index (χ3n) is 2.61. The molecule has 0 fully saturated rings. The van der Waals surface area contributed by atoms with Crippen molar-refractivity contribution in [2.75, 3.05) is 0 Å². The van der Waals surface area contributed by atoms with Gasteiger partial charge in [-0.2, -0.15) is 0 Å². The normalized spacial score (nSPS) is 10.2. The molecule has 18 heavy (non-hydrogen) atoms. The fourth-order valence-electron chi connectivity index (χ4n) is 1.63. The topological polar surface area (TPSA) is 26.3 Å². The minimum atomic E-state index is 0.0216. The lowest BCUT2D eigenvalue weighted by Gasteiger charge is -2.09. The minimum absolute atomic E-state index is 0.0216. The zero-order chi connectivity index (χ0) is 13.1. The summed E-state index contributed by atoms with van der Waals surface area (Å²) in [4.78, 5) is 11.3. The van der Waals surface area contributed by atoms with Gasteiger partial charge in [0.25, 0.3) is 0 Å². The van der Waals surface area contributed by atoms with Crippen LogP contribution in [0.3, 0.4) is 0 Å². The molecule has 0 aliphatic heterocycles. The Morgan fingerprint density at radius 3 is 2.61 bits per heavy atom. The van der Waals surface area contributed by atoms with Gasteiger partial charge in [0.1, 0.15) is 11.5 Å². The number of hydrogen-bond acceptors (Lipinski definition) is 2. The lowest BCUT2D eigenvalue weighted by Crippen LogP contribution is -1.93. The summed E-state index contributed by atoms with van der Waals surface area (Å²) >= 11 is 5.89. The lowest BCUT2D eigenvalue weighted by atomic mass is 10.1. The largest absolute Gasteiger partial charge is 0.457 e. The number of benzene rings is 2. The van der Waals surface area contributed by atoms with Crippen molar-refractivity contribution in [1.82, 2.24) is 0 Å². The van der Waals surface area contributed by atoms with Crippen LogP contribution in [0, 0.1) is 6.92 Å². The summed E-state index contributed by atoms with van der Waals surface area (Å²) in [5.74, 6) is 1.40. The summed E-state index contributed by atoms with van der Waals surface area (Å²) in [5, 5.41) is 0.678. The Balaban J connectivity index is 2.28. The summed E-state index contributed by atoms with van der Waals surface area (Å²) < 4.78 is 5.74. The van der Waals surface area contributed by atoms with Crippen LogP contribution in [0.15, 0.2) is 42.5 Å². The molecule has 0 radical (unpaired) electrons. The first-order valence-electron chi connectivity index (χ1n) is 5.61. The Labute approximate surface area is 111 Å². The van der Waals surface area contributed by atoms with E-state index in [4.69, 9.17) is 16.3 Å². The number of Topliss-reactive ketones (excluding diaryl/α,β-unsaturated/α-hetero) is 1. The molecule has 2 rings (SSSR count). The first-order valence-corrected chi connectivity index (χ1v) is 5.99. The van der Waals surface area contributed by atoms with Gasteiger partial charge in [-0.25, -0.2) is 0 Å². The van der Waals surface area contributed by atoms with Gasteiger partial charge >= 0.3 is 0 Å². The van der Waals surface area contributed by atoms with E-state index < -0.39 is 0 Å². The monoisotopic (exact) mass is 260 g/mol. The third kappa shape index (κ3) is 2.90. The highest BCUT2D eigenvalue weighted by molar-refractivity contribution is 6.30. The second kappa shape index (κ2) is 5.23. The molecule has 0 saturated heterocycles. The second-order valence-electron chi connectivity index (χ2n) is 4.10. The highest BCUT2D eigenvalue weighted by atomic mass is 35.5. The van der Waals surface area contributed by atoms with Crippen LogP contribution in [0.1, 0.15) is 22.8 Å². The van der Waals surface area contributed by atoms with E-state index in [-0.39, 0.29) is 5.78 Å². The van der Waals surface area contributed by atoms with E-state index in [1.165, 1.54) is 6.92 Å². The molecule has 0 heterocycles. The van der Waals surface area contributed by atoms with Gasteiger partial charge in [0.05, 0.1) is 0 Å². The summed E-state index contributed by atoms with van der Waals surface area (Å²) in [5.41, 5.74) is 1.59. The van der Waals surface area contributed by atoms with Crippen LogP contribution >= 0.6 is 11.6 Å². The average molecular weight is 261 g/mol. The summed E-state index contributed by atoms with van der Waals surface area (Å²) in [6.45, 7) is 3.46. The van der Waals surface area contributed by atoms with Crippen molar-refractivity contribution in [3.8, 4) is 11.5 Å². The first kappa shape index (κ1) is 12.7. The van der Waals surface area contributed by atoms with Crippen LogP contribution < -0.4 is 4.74 Å². The molecule has 92 valence electrons. The molecule has 0 atom stereocenters. The minimum Gasteiger partial charge on any atom is -0.457 e. The molecule has 0 aliphatic carbocycles. The number of carbonyl (C=O) groups is 1. The summed E-state index contributed by atoms with van der Waals surface area (Å²) in [7, 11) is 0. The number of ether oxygens (including phenoxy) is 1. The van der Waals surface area contributed by atoms with Gasteiger partial charge in [-0.3, -0.25) is 4.79 Å². The van der Waals surface area contributed by atoms with Crippen molar-refractivity contribution in [2.24, 2.45) is 0 Å². The van der Waals surface area contributed by atoms with Crippen LogP contribution in [0.2, 0.25) is 5.02 Å². The Morgan fingerprint density at radius 1 is 1.17 bits per heavy atom. The van der Waals surface area contributed by atoms with Crippen LogP contribution in [0.25, 0.3) is 0 Å². The first-order chi connectivity index (χ1) is 8.56. The zero-order valence-electron chi connectivity index (χ0n) is 10.2. The highest BCUT2D eigenvalue weighted by Crippen LogP contribution is 2.27. The van der Waals surface area contributed by atoms with Crippen LogP contribution in [0.5, 0.6) is 11.5 Å². The molecule has 2 aromatic rings. The average Bonchev–Trinajstić information content (AvgIpc) is 2.33. The number of halogens is 1. The van der Waals surface area contributed by atoms with E-state index in [0.29, 0.717) is 16.3 Å². The molecular weight excluding hydrogens is 248 g/mol. The van der Waals surface area contributed by atoms with Gasteiger partial charge in [-0.15, -0.1) is 0 Å². The molecule has 3 heteroatoms. The predicted octanol–water partition coefficient (Wildman–Crippen LogP) is 4.64. The van der Waals surface area contributed by atoms with E-state index in [0.717, 1.165) is 11.3 Å². The van der Waals surface area contributed by atoms with Crippen molar-refractivity contribution >= 4 is 17.4 Å². The standard InChI is InChI=1S/C15H13ClO2/c1-10-8-13(16)6-7-15(10)18-14-5-3-4-12(9-14)11(2)17/h3-9H,1-2H3. The SMILES string of the molecule is CC(=O)c1cccc(Oc2ccc(Cl)cc2C)c1. The predicted molar refractivity (Wildman–Crippen MR) is 72.7 cm³/mol. The van der Waals surface area contributed by atoms with Gasteiger partial charge in [0.2, 0.25) is 0 Å². The highest BCUT2D eigenvalue weighted by Gasteiger charge is 2.04. The maximum atomic E-state index is 11.3. The van der Waals surface area contributed by atoms with Gasteiger partial charge in [-0.1, -0.05) is 23.7 Å². The molecule has 0 unspecified atom stereocenters. The number of aryl methyl sites for hydroxylation is 1. The van der Waals surface area contributed by atoms with E-state index >= 15 is 0 Å². The van der Waals surface area contributed by atoms with Crippen molar-refractivity contribution in [2.45, 2.75) is 13.8 Å². The van der Waals surface area contributed by atoms with Gasteiger partial charge in [-0.05, 0) is 49.7 Å². The molecule has 0 amide bonds. The fraction of sp³-hybridized carbons (Fsp3) is 0.133. The molecule has 0 N–H and O–H groups in total. The molecule has 0 aromatic heterocycles. The molecule has 0 saturated carbocycles. The molecule has 0 bridgehead atoms. The lowest BCUT2D eigenvalue weighted by molar-refractivity contribution is 0.101. The Kier molecular flexibility index (Phi) is 3.68. The van der Waals surface area contributed by atoms with Crippen molar-refractivity contribution in [3.05, 3.63) is 58.6 Å². The van der Waals surface area contributed by atoms with E-state index in [1.54, 1.807) is 24.3 Å². The van der Waals surface area contributed by atoms with Gasteiger partial charge < -0.3 is 4.74 Å². The van der Waals surface area contributed by atoms with E-state index in [9.17, 15) is 4.79 Å². The number of ketones is 1. The van der Waals surface area contributed by atoms with Crippen LogP contribution in [0.4, 0.5) is 0 Å². The molecule has 2 aromatic carbocycles. The van der Waals surface area contributed by atoms with Crippen LogP contribution in [-0.4, -0.2) is 5.78 Å². The molecular formula is C15H13ClO2. The Bertz CT molecular complexity index is 591. The maximum absolute atomic E-state index is 11.3.